The minimum Gasteiger partial charge on any atom is -0.496 e. The van der Waals surface area contributed by atoms with Gasteiger partial charge in [0.1, 0.15) is 23.2 Å². The van der Waals surface area contributed by atoms with E-state index in [1.54, 1.807) is 24.3 Å². The molecular formula is C17H18ClF3N2O3S. The molecule has 0 aromatic heterocycles. The summed E-state index contributed by atoms with van der Waals surface area (Å²) in [4.78, 5) is -1.15. The van der Waals surface area contributed by atoms with E-state index in [2.05, 4.69) is 5.32 Å². The predicted molar refractivity (Wildman–Crippen MR) is 96.1 cm³/mol. The molecule has 2 aromatic carbocycles. The Bertz CT molecular complexity index is 904. The van der Waals surface area contributed by atoms with E-state index in [9.17, 15) is 21.6 Å². The van der Waals surface area contributed by atoms with Crippen LogP contribution in [0.3, 0.4) is 0 Å². The number of ether oxygens (including phenoxy) is 1. The second-order valence-electron chi connectivity index (χ2n) is 5.78. The first-order valence-electron chi connectivity index (χ1n) is 7.86. The molecule has 148 valence electrons. The second kappa shape index (κ2) is 8.47. The van der Waals surface area contributed by atoms with Crippen molar-refractivity contribution >= 4 is 22.4 Å². The maximum atomic E-state index is 14.1. The smallest absolute Gasteiger partial charge is 0.249 e. The van der Waals surface area contributed by atoms with Crippen molar-refractivity contribution in [1.82, 2.24) is 9.62 Å². The van der Waals surface area contributed by atoms with E-state index < -0.39 is 38.4 Å². The summed E-state index contributed by atoms with van der Waals surface area (Å²) in [6.07, 6.45) is 0. The predicted octanol–water partition coefficient (Wildman–Crippen LogP) is 2.87. The third kappa shape index (κ3) is 4.06. The van der Waals surface area contributed by atoms with E-state index in [-0.39, 0.29) is 25.5 Å². The SMILES string of the molecule is COc1ccccc1C1CNCCN1S(=O)(=O)c1c(F)cc(F)cc1F.Cl. The summed E-state index contributed by atoms with van der Waals surface area (Å²) >= 11 is 0. The molecule has 10 heteroatoms. The average molecular weight is 423 g/mol. The maximum Gasteiger partial charge on any atom is 0.249 e. The highest BCUT2D eigenvalue weighted by Gasteiger charge is 2.39. The van der Waals surface area contributed by atoms with E-state index in [4.69, 9.17) is 4.74 Å². The number of hydrogen-bond acceptors (Lipinski definition) is 4. The molecule has 0 spiro atoms. The van der Waals surface area contributed by atoms with Crippen LogP contribution in [0.15, 0.2) is 41.3 Å². The number of methoxy groups -OCH3 is 1. The maximum absolute atomic E-state index is 14.1. The first kappa shape index (κ1) is 21.5. The van der Waals surface area contributed by atoms with E-state index in [1.165, 1.54) is 7.11 Å². The molecule has 3 rings (SSSR count). The largest absolute Gasteiger partial charge is 0.496 e. The van der Waals surface area contributed by atoms with Gasteiger partial charge in [0.05, 0.1) is 13.2 Å². The number of nitrogens with one attached hydrogen (secondary N) is 1. The summed E-state index contributed by atoms with van der Waals surface area (Å²) in [5.41, 5.74) is 0.564. The molecule has 1 saturated heterocycles. The molecule has 1 N–H and O–H groups in total. The lowest BCUT2D eigenvalue weighted by Gasteiger charge is -2.36. The fraction of sp³-hybridized carbons (Fsp3) is 0.294. The van der Waals surface area contributed by atoms with E-state index >= 15 is 0 Å². The molecule has 1 atom stereocenters. The van der Waals surface area contributed by atoms with Crippen LogP contribution in [0.25, 0.3) is 0 Å². The van der Waals surface area contributed by atoms with E-state index in [0.29, 0.717) is 30.0 Å². The number of para-hydroxylation sites is 1. The fourth-order valence-electron chi connectivity index (χ4n) is 3.07. The zero-order valence-electron chi connectivity index (χ0n) is 14.3. The highest BCUT2D eigenvalue weighted by atomic mass is 35.5. The van der Waals surface area contributed by atoms with Gasteiger partial charge in [-0.2, -0.15) is 4.31 Å². The van der Waals surface area contributed by atoms with Crippen molar-refractivity contribution in [3.63, 3.8) is 0 Å². The minimum absolute atomic E-state index is 0. The Morgan fingerprint density at radius 3 is 2.41 bits per heavy atom. The van der Waals surface area contributed by atoms with Gasteiger partial charge in [0, 0.05) is 37.3 Å². The summed E-state index contributed by atoms with van der Waals surface area (Å²) in [6, 6.07) is 6.80. The first-order chi connectivity index (χ1) is 12.4. The van der Waals surface area contributed by atoms with Crippen molar-refractivity contribution in [2.75, 3.05) is 26.7 Å². The Morgan fingerprint density at radius 1 is 1.15 bits per heavy atom. The molecule has 0 aliphatic carbocycles. The summed E-state index contributed by atoms with van der Waals surface area (Å²) < 4.78 is 73.6. The van der Waals surface area contributed by atoms with Gasteiger partial charge in [-0.05, 0) is 6.07 Å². The monoisotopic (exact) mass is 422 g/mol. The van der Waals surface area contributed by atoms with Crippen molar-refractivity contribution in [1.29, 1.82) is 0 Å². The molecule has 2 aromatic rings. The van der Waals surface area contributed by atoms with Crippen LogP contribution < -0.4 is 10.1 Å². The summed E-state index contributed by atoms with van der Waals surface area (Å²) in [5.74, 6) is -3.64. The quantitative estimate of drug-likeness (QED) is 0.823. The van der Waals surface area contributed by atoms with Crippen LogP contribution in [-0.4, -0.2) is 39.5 Å². The lowest BCUT2D eigenvalue weighted by atomic mass is 10.0. The number of halogens is 4. The van der Waals surface area contributed by atoms with Crippen LogP contribution in [0, 0.1) is 17.5 Å². The Labute approximate surface area is 161 Å². The molecule has 0 amide bonds. The van der Waals surface area contributed by atoms with Crippen molar-refractivity contribution in [2.24, 2.45) is 0 Å². The molecule has 1 aliphatic heterocycles. The van der Waals surface area contributed by atoms with Crippen LogP contribution in [-0.2, 0) is 10.0 Å². The Balaban J connectivity index is 0.00000261. The molecule has 1 unspecified atom stereocenters. The topological polar surface area (TPSA) is 58.6 Å². The molecule has 0 bridgehead atoms. The van der Waals surface area contributed by atoms with Gasteiger partial charge in [-0.3, -0.25) is 0 Å². The molecule has 1 aliphatic rings. The number of rotatable bonds is 4. The normalized spacial score (nSPS) is 18.0. The number of benzene rings is 2. The third-order valence-corrected chi connectivity index (χ3v) is 6.18. The third-order valence-electron chi connectivity index (χ3n) is 4.22. The van der Waals surface area contributed by atoms with Gasteiger partial charge in [-0.25, -0.2) is 21.6 Å². The lowest BCUT2D eigenvalue weighted by molar-refractivity contribution is 0.262. The van der Waals surface area contributed by atoms with Crippen LogP contribution in [0.4, 0.5) is 13.2 Å². The summed E-state index contributed by atoms with van der Waals surface area (Å²) in [7, 11) is -3.09. The molecule has 1 heterocycles. The molecule has 0 radical (unpaired) electrons. The van der Waals surface area contributed by atoms with Crippen LogP contribution in [0.5, 0.6) is 5.75 Å². The molecule has 1 fully saturated rings. The van der Waals surface area contributed by atoms with Gasteiger partial charge >= 0.3 is 0 Å². The number of sulfonamides is 1. The zero-order valence-corrected chi connectivity index (χ0v) is 15.9. The van der Waals surface area contributed by atoms with Gasteiger partial charge < -0.3 is 10.1 Å². The average Bonchev–Trinajstić information content (AvgIpc) is 2.60. The molecular weight excluding hydrogens is 405 g/mol. The molecule has 5 nitrogen and oxygen atoms in total. The standard InChI is InChI=1S/C17H17F3N2O3S.ClH/c1-25-16-5-3-2-4-12(16)15-10-21-6-7-22(15)26(23,24)17-13(19)8-11(18)9-14(17)20;/h2-5,8-9,15,21H,6-7,10H2,1H3;1H. The minimum atomic E-state index is -4.54. The lowest BCUT2D eigenvalue weighted by Crippen LogP contribution is -2.49. The molecule has 0 saturated carbocycles. The van der Waals surface area contributed by atoms with Crippen LogP contribution >= 0.6 is 12.4 Å². The highest BCUT2D eigenvalue weighted by molar-refractivity contribution is 7.89. The zero-order chi connectivity index (χ0) is 18.9. The van der Waals surface area contributed by atoms with Gasteiger partial charge in [-0.15, -0.1) is 12.4 Å². The first-order valence-corrected chi connectivity index (χ1v) is 9.30. The van der Waals surface area contributed by atoms with E-state index in [0.717, 1.165) is 4.31 Å². The van der Waals surface area contributed by atoms with Gasteiger partial charge in [0.2, 0.25) is 10.0 Å². The second-order valence-corrected chi connectivity index (χ2v) is 7.60. The van der Waals surface area contributed by atoms with Crippen molar-refractivity contribution < 1.29 is 26.3 Å². The summed E-state index contributed by atoms with van der Waals surface area (Å²) in [5, 5.41) is 3.07. The van der Waals surface area contributed by atoms with Crippen LogP contribution in [0.1, 0.15) is 11.6 Å². The Kier molecular flexibility index (Phi) is 6.74. The van der Waals surface area contributed by atoms with E-state index in [1.807, 2.05) is 0 Å². The van der Waals surface area contributed by atoms with Crippen molar-refractivity contribution in [3.05, 3.63) is 59.4 Å². The molecule has 27 heavy (non-hydrogen) atoms. The highest BCUT2D eigenvalue weighted by Crippen LogP contribution is 2.35. The number of hydrogen-bond donors (Lipinski definition) is 1. The Morgan fingerprint density at radius 2 is 1.78 bits per heavy atom. The van der Waals surface area contributed by atoms with Gasteiger partial charge in [-0.1, -0.05) is 18.2 Å². The van der Waals surface area contributed by atoms with Crippen LogP contribution in [0.2, 0.25) is 0 Å². The van der Waals surface area contributed by atoms with Crippen molar-refractivity contribution in [2.45, 2.75) is 10.9 Å². The Hall–Kier alpha value is -1.81. The van der Waals surface area contributed by atoms with Gasteiger partial charge in [0.15, 0.2) is 4.90 Å². The van der Waals surface area contributed by atoms with Gasteiger partial charge in [0.25, 0.3) is 0 Å². The summed E-state index contributed by atoms with van der Waals surface area (Å²) in [6.45, 7) is 0.556. The fourth-order valence-corrected chi connectivity index (χ4v) is 4.77. The van der Waals surface area contributed by atoms with Crippen molar-refractivity contribution in [3.8, 4) is 5.75 Å². The number of piperazine rings is 1. The number of nitrogens with zero attached hydrogens (tertiary/aromatic N) is 1.